The van der Waals surface area contributed by atoms with Crippen LogP contribution in [0.25, 0.3) is 0 Å². The molecule has 1 N–H and O–H groups in total. The van der Waals surface area contributed by atoms with Crippen molar-refractivity contribution in [2.24, 2.45) is 0 Å². The number of halogens is 4. The van der Waals surface area contributed by atoms with Crippen LogP contribution in [0.3, 0.4) is 0 Å². The van der Waals surface area contributed by atoms with Crippen LogP contribution >= 0.6 is 27.5 Å². The van der Waals surface area contributed by atoms with Crippen LogP contribution in [0.2, 0.25) is 5.02 Å². The third kappa shape index (κ3) is 3.67. The Balaban J connectivity index is 2.22. The molecule has 0 radical (unpaired) electrons. The lowest BCUT2D eigenvalue weighted by molar-refractivity contribution is 0.577. The van der Waals surface area contributed by atoms with Crippen LogP contribution in [0.4, 0.5) is 14.5 Å². The Kier molecular flexibility index (Phi) is 4.42. The van der Waals surface area contributed by atoms with E-state index in [-0.39, 0.29) is 6.04 Å². The molecule has 0 aliphatic carbocycles. The minimum atomic E-state index is -0.592. The summed E-state index contributed by atoms with van der Waals surface area (Å²) >= 11 is 9.40. The van der Waals surface area contributed by atoms with E-state index in [1.165, 1.54) is 12.1 Å². The molecule has 0 bridgehead atoms. The Hall–Kier alpha value is -1.13. The molecular formula is C14H11BrClF2N. The summed E-state index contributed by atoms with van der Waals surface area (Å²) in [5.41, 5.74) is 1.23. The summed E-state index contributed by atoms with van der Waals surface area (Å²) < 4.78 is 27.2. The normalized spacial score (nSPS) is 12.3. The van der Waals surface area contributed by atoms with Crippen molar-refractivity contribution in [3.8, 4) is 0 Å². The number of rotatable bonds is 3. The first-order valence-electron chi connectivity index (χ1n) is 5.63. The molecule has 19 heavy (non-hydrogen) atoms. The van der Waals surface area contributed by atoms with Gasteiger partial charge in [0.1, 0.15) is 11.6 Å². The van der Waals surface area contributed by atoms with Gasteiger partial charge in [-0.05, 0) is 42.8 Å². The zero-order valence-corrected chi connectivity index (χ0v) is 12.4. The molecule has 1 nitrogen and oxygen atoms in total. The van der Waals surface area contributed by atoms with Crippen molar-refractivity contribution in [3.05, 3.63) is 63.1 Å². The monoisotopic (exact) mass is 345 g/mol. The molecule has 0 aliphatic rings. The van der Waals surface area contributed by atoms with Gasteiger partial charge in [0.25, 0.3) is 0 Å². The van der Waals surface area contributed by atoms with Gasteiger partial charge in [0.05, 0.1) is 10.7 Å². The van der Waals surface area contributed by atoms with Gasteiger partial charge in [-0.3, -0.25) is 0 Å². The number of anilines is 1. The van der Waals surface area contributed by atoms with Gasteiger partial charge < -0.3 is 5.32 Å². The lowest BCUT2D eigenvalue weighted by atomic mass is 10.1. The summed E-state index contributed by atoms with van der Waals surface area (Å²) in [6.45, 7) is 1.81. The molecule has 2 aromatic carbocycles. The molecule has 0 heterocycles. The highest BCUT2D eigenvalue weighted by molar-refractivity contribution is 9.10. The van der Waals surface area contributed by atoms with Crippen LogP contribution < -0.4 is 5.32 Å². The minimum absolute atomic E-state index is 0.260. The molecule has 1 unspecified atom stereocenters. The Morgan fingerprint density at radius 3 is 2.32 bits per heavy atom. The molecule has 100 valence electrons. The van der Waals surface area contributed by atoms with E-state index in [0.717, 1.165) is 10.5 Å². The zero-order chi connectivity index (χ0) is 14.0. The Labute approximate surface area is 123 Å². The van der Waals surface area contributed by atoms with Crippen molar-refractivity contribution in [1.29, 1.82) is 0 Å². The van der Waals surface area contributed by atoms with E-state index >= 15 is 0 Å². The number of nitrogens with one attached hydrogen (secondary N) is 1. The fourth-order valence-corrected chi connectivity index (χ4v) is 2.48. The largest absolute Gasteiger partial charge is 0.377 e. The molecule has 0 spiro atoms. The molecule has 0 saturated heterocycles. The van der Waals surface area contributed by atoms with E-state index < -0.39 is 11.6 Å². The maximum atomic E-state index is 13.2. The van der Waals surface area contributed by atoms with Crippen LogP contribution in [0, 0.1) is 11.6 Å². The van der Waals surface area contributed by atoms with Gasteiger partial charge in [-0.15, -0.1) is 0 Å². The second-order valence-electron chi connectivity index (χ2n) is 4.19. The lowest BCUT2D eigenvalue weighted by Gasteiger charge is -2.17. The highest BCUT2D eigenvalue weighted by Crippen LogP contribution is 2.29. The second kappa shape index (κ2) is 5.88. The van der Waals surface area contributed by atoms with Crippen LogP contribution in [-0.2, 0) is 0 Å². The van der Waals surface area contributed by atoms with Gasteiger partial charge in [0.2, 0.25) is 0 Å². The van der Waals surface area contributed by atoms with Gasteiger partial charge in [-0.25, -0.2) is 8.78 Å². The minimum Gasteiger partial charge on any atom is -0.377 e. The standard InChI is InChI=1S/C14H11BrClF2N/c1-8(9-4-11(17)7-12(18)5-9)19-14-3-2-10(15)6-13(14)16/h2-8,19H,1H3. The molecule has 2 rings (SSSR count). The van der Waals surface area contributed by atoms with Crippen LogP contribution in [0.5, 0.6) is 0 Å². The first-order valence-corrected chi connectivity index (χ1v) is 6.80. The average Bonchev–Trinajstić information content (AvgIpc) is 2.31. The van der Waals surface area contributed by atoms with Crippen molar-refractivity contribution in [2.45, 2.75) is 13.0 Å². The van der Waals surface area contributed by atoms with E-state index in [1.54, 1.807) is 12.1 Å². The molecule has 1 atom stereocenters. The fraction of sp³-hybridized carbons (Fsp3) is 0.143. The maximum Gasteiger partial charge on any atom is 0.126 e. The first kappa shape index (κ1) is 14.3. The van der Waals surface area contributed by atoms with Crippen LogP contribution in [0.1, 0.15) is 18.5 Å². The molecule has 0 fully saturated rings. The highest BCUT2D eigenvalue weighted by Gasteiger charge is 2.10. The fourth-order valence-electron chi connectivity index (χ4n) is 1.75. The third-order valence-corrected chi connectivity index (χ3v) is 3.49. The van der Waals surface area contributed by atoms with Crippen molar-refractivity contribution in [2.75, 3.05) is 5.32 Å². The Bertz CT molecular complexity index is 584. The second-order valence-corrected chi connectivity index (χ2v) is 5.52. The highest BCUT2D eigenvalue weighted by atomic mass is 79.9. The van der Waals surface area contributed by atoms with Crippen LogP contribution in [0.15, 0.2) is 40.9 Å². The predicted octanol–water partition coefficient (Wildman–Crippen LogP) is 5.55. The maximum absolute atomic E-state index is 13.2. The van der Waals surface area contributed by atoms with E-state index in [2.05, 4.69) is 21.2 Å². The lowest BCUT2D eigenvalue weighted by Crippen LogP contribution is -2.07. The predicted molar refractivity (Wildman–Crippen MR) is 77.5 cm³/mol. The average molecular weight is 347 g/mol. The van der Waals surface area contributed by atoms with E-state index in [1.807, 2.05) is 13.0 Å². The molecule has 0 aromatic heterocycles. The molecule has 0 saturated carbocycles. The SMILES string of the molecule is CC(Nc1ccc(Br)cc1Cl)c1cc(F)cc(F)c1. The number of benzene rings is 2. The Morgan fingerprint density at radius 1 is 1.11 bits per heavy atom. The molecule has 0 amide bonds. The smallest absolute Gasteiger partial charge is 0.126 e. The summed E-state index contributed by atoms with van der Waals surface area (Å²) in [6.07, 6.45) is 0. The summed E-state index contributed by atoms with van der Waals surface area (Å²) in [4.78, 5) is 0. The van der Waals surface area contributed by atoms with Gasteiger partial charge in [0, 0.05) is 16.6 Å². The van der Waals surface area contributed by atoms with Gasteiger partial charge in [-0.1, -0.05) is 27.5 Å². The molecule has 2 aromatic rings. The first-order chi connectivity index (χ1) is 8.95. The van der Waals surface area contributed by atoms with Crippen molar-refractivity contribution < 1.29 is 8.78 Å². The summed E-state index contributed by atoms with van der Waals surface area (Å²) in [5, 5.41) is 3.66. The summed E-state index contributed by atoms with van der Waals surface area (Å²) in [7, 11) is 0. The van der Waals surface area contributed by atoms with Crippen molar-refractivity contribution in [1.82, 2.24) is 0 Å². The molecule has 0 aliphatic heterocycles. The number of hydrogen-bond acceptors (Lipinski definition) is 1. The van der Waals surface area contributed by atoms with Crippen molar-refractivity contribution in [3.63, 3.8) is 0 Å². The van der Waals surface area contributed by atoms with Crippen molar-refractivity contribution >= 4 is 33.2 Å². The topological polar surface area (TPSA) is 12.0 Å². The molecular weight excluding hydrogens is 336 g/mol. The zero-order valence-electron chi connectivity index (χ0n) is 10.1. The van der Waals surface area contributed by atoms with E-state index in [9.17, 15) is 8.78 Å². The van der Waals surface area contributed by atoms with E-state index in [0.29, 0.717) is 16.3 Å². The quantitative estimate of drug-likeness (QED) is 0.768. The summed E-state index contributed by atoms with van der Waals surface area (Å²) in [6, 6.07) is 8.59. The number of hydrogen-bond donors (Lipinski definition) is 1. The van der Waals surface area contributed by atoms with Gasteiger partial charge in [0.15, 0.2) is 0 Å². The summed E-state index contributed by atoms with van der Waals surface area (Å²) in [5.74, 6) is -1.18. The van der Waals surface area contributed by atoms with Gasteiger partial charge >= 0.3 is 0 Å². The third-order valence-electron chi connectivity index (χ3n) is 2.69. The molecule has 5 heteroatoms. The van der Waals surface area contributed by atoms with E-state index in [4.69, 9.17) is 11.6 Å². The Morgan fingerprint density at radius 2 is 1.74 bits per heavy atom. The van der Waals surface area contributed by atoms with Crippen LogP contribution in [-0.4, -0.2) is 0 Å². The van der Waals surface area contributed by atoms with Gasteiger partial charge in [-0.2, -0.15) is 0 Å².